The van der Waals surface area contributed by atoms with Gasteiger partial charge in [-0.25, -0.2) is 0 Å². The molecule has 1 saturated heterocycles. The molecule has 0 aliphatic carbocycles. The molecule has 0 atom stereocenters. The van der Waals surface area contributed by atoms with E-state index in [2.05, 4.69) is 48.3 Å². The first-order chi connectivity index (χ1) is 15.9. The minimum atomic E-state index is -0.331. The summed E-state index contributed by atoms with van der Waals surface area (Å²) in [7, 11) is 0. The SMILES string of the molecule is Cc1ccc(C(=O)N2CCN(Cc3ccc(C(C)C)cc3)CC2)cc1NC(=O)c1ccco1. The second-order valence-corrected chi connectivity index (χ2v) is 8.93. The van der Waals surface area contributed by atoms with Crippen molar-refractivity contribution in [2.24, 2.45) is 0 Å². The van der Waals surface area contributed by atoms with Crippen molar-refractivity contribution in [2.75, 3.05) is 31.5 Å². The van der Waals surface area contributed by atoms with E-state index < -0.39 is 0 Å². The van der Waals surface area contributed by atoms with Crippen molar-refractivity contribution in [1.29, 1.82) is 0 Å². The number of benzene rings is 2. The number of hydrogen-bond donors (Lipinski definition) is 1. The Morgan fingerprint density at radius 2 is 1.73 bits per heavy atom. The van der Waals surface area contributed by atoms with E-state index in [9.17, 15) is 9.59 Å². The van der Waals surface area contributed by atoms with Gasteiger partial charge in [0.05, 0.1) is 6.26 Å². The molecular formula is C27H31N3O3. The van der Waals surface area contributed by atoms with Crippen LogP contribution >= 0.6 is 0 Å². The summed E-state index contributed by atoms with van der Waals surface area (Å²) in [6, 6.07) is 17.5. The van der Waals surface area contributed by atoms with Crippen molar-refractivity contribution in [3.8, 4) is 0 Å². The molecule has 1 N–H and O–H groups in total. The van der Waals surface area contributed by atoms with Gasteiger partial charge in [-0.1, -0.05) is 44.2 Å². The fourth-order valence-corrected chi connectivity index (χ4v) is 4.04. The Kier molecular flexibility index (Phi) is 6.94. The first-order valence-corrected chi connectivity index (χ1v) is 11.5. The highest BCUT2D eigenvalue weighted by atomic mass is 16.3. The van der Waals surface area contributed by atoms with E-state index >= 15 is 0 Å². The number of hydrogen-bond acceptors (Lipinski definition) is 4. The lowest BCUT2D eigenvalue weighted by molar-refractivity contribution is 0.0628. The highest BCUT2D eigenvalue weighted by molar-refractivity contribution is 6.04. The predicted octanol–water partition coefficient (Wildman–Crippen LogP) is 4.92. The lowest BCUT2D eigenvalue weighted by atomic mass is 10.0. The number of anilines is 1. The highest BCUT2D eigenvalue weighted by Crippen LogP contribution is 2.21. The zero-order chi connectivity index (χ0) is 23.4. The van der Waals surface area contributed by atoms with E-state index in [1.807, 2.05) is 24.0 Å². The molecule has 2 amide bonds. The van der Waals surface area contributed by atoms with Gasteiger partial charge in [-0.2, -0.15) is 0 Å². The molecule has 0 unspecified atom stereocenters. The third-order valence-corrected chi connectivity index (χ3v) is 6.19. The minimum absolute atomic E-state index is 0.00978. The normalized spacial score (nSPS) is 14.5. The van der Waals surface area contributed by atoms with Crippen molar-refractivity contribution in [2.45, 2.75) is 33.2 Å². The standard InChI is InChI=1S/C27H31N3O3/c1-19(2)22-10-7-21(8-11-22)18-29-12-14-30(15-13-29)27(32)23-9-6-20(3)24(17-23)28-26(31)25-5-4-16-33-25/h4-11,16-17,19H,12-15,18H2,1-3H3,(H,28,31). The lowest BCUT2D eigenvalue weighted by Gasteiger charge is -2.35. The summed E-state index contributed by atoms with van der Waals surface area (Å²) in [6.45, 7) is 10.3. The zero-order valence-electron chi connectivity index (χ0n) is 19.5. The first kappa shape index (κ1) is 22.8. The van der Waals surface area contributed by atoms with Gasteiger partial charge < -0.3 is 14.6 Å². The molecule has 6 heteroatoms. The molecule has 1 aliphatic heterocycles. The number of carbonyl (C=O) groups excluding carboxylic acids is 2. The van der Waals surface area contributed by atoms with Crippen LogP contribution in [0.5, 0.6) is 0 Å². The van der Waals surface area contributed by atoms with Crippen LogP contribution in [-0.2, 0) is 6.54 Å². The predicted molar refractivity (Wildman–Crippen MR) is 130 cm³/mol. The van der Waals surface area contributed by atoms with Crippen LogP contribution in [0.1, 0.15) is 57.4 Å². The maximum atomic E-state index is 13.1. The minimum Gasteiger partial charge on any atom is -0.459 e. The lowest BCUT2D eigenvalue weighted by Crippen LogP contribution is -2.48. The molecule has 33 heavy (non-hydrogen) atoms. The molecule has 172 valence electrons. The van der Waals surface area contributed by atoms with Crippen molar-refractivity contribution in [1.82, 2.24) is 9.80 Å². The molecule has 0 bridgehead atoms. The average Bonchev–Trinajstić information content (AvgIpc) is 3.36. The van der Waals surface area contributed by atoms with Gasteiger partial charge in [0.25, 0.3) is 11.8 Å². The summed E-state index contributed by atoms with van der Waals surface area (Å²) in [5.74, 6) is 0.433. The summed E-state index contributed by atoms with van der Waals surface area (Å²) in [6.07, 6.45) is 1.46. The Hall–Kier alpha value is -3.38. The van der Waals surface area contributed by atoms with Crippen LogP contribution in [0.3, 0.4) is 0 Å². The zero-order valence-corrected chi connectivity index (χ0v) is 19.5. The van der Waals surface area contributed by atoms with Crippen molar-refractivity contribution < 1.29 is 14.0 Å². The van der Waals surface area contributed by atoms with Crippen LogP contribution in [-0.4, -0.2) is 47.8 Å². The number of rotatable bonds is 6. The Labute approximate surface area is 195 Å². The molecule has 1 aliphatic rings. The third kappa shape index (κ3) is 5.52. The van der Waals surface area contributed by atoms with Crippen molar-refractivity contribution >= 4 is 17.5 Å². The third-order valence-electron chi connectivity index (χ3n) is 6.19. The number of carbonyl (C=O) groups is 2. The summed E-state index contributed by atoms with van der Waals surface area (Å²) in [5.41, 5.74) is 4.74. The van der Waals surface area contributed by atoms with Crippen LogP contribution in [0.25, 0.3) is 0 Å². The summed E-state index contributed by atoms with van der Waals surface area (Å²) in [5, 5.41) is 2.84. The molecule has 1 fully saturated rings. The summed E-state index contributed by atoms with van der Waals surface area (Å²) >= 11 is 0. The van der Waals surface area contributed by atoms with Gasteiger partial charge in [0.2, 0.25) is 0 Å². The largest absolute Gasteiger partial charge is 0.459 e. The molecule has 4 rings (SSSR count). The van der Waals surface area contributed by atoms with Crippen molar-refractivity contribution in [3.05, 3.63) is 88.9 Å². The number of amides is 2. The van der Waals surface area contributed by atoms with Gasteiger partial charge in [0.15, 0.2) is 5.76 Å². The first-order valence-electron chi connectivity index (χ1n) is 11.5. The monoisotopic (exact) mass is 445 g/mol. The van der Waals surface area contributed by atoms with E-state index in [1.165, 1.54) is 17.4 Å². The molecule has 2 heterocycles. The molecule has 6 nitrogen and oxygen atoms in total. The van der Waals surface area contributed by atoms with Crippen LogP contribution in [0.2, 0.25) is 0 Å². The highest BCUT2D eigenvalue weighted by Gasteiger charge is 2.23. The van der Waals surface area contributed by atoms with E-state index in [1.54, 1.807) is 18.2 Å². The Balaban J connectivity index is 1.35. The van der Waals surface area contributed by atoms with Crippen LogP contribution in [0.15, 0.2) is 65.3 Å². The number of aryl methyl sites for hydroxylation is 1. The van der Waals surface area contributed by atoms with E-state index in [-0.39, 0.29) is 17.6 Å². The Morgan fingerprint density at radius 1 is 1.00 bits per heavy atom. The van der Waals surface area contributed by atoms with Crippen molar-refractivity contribution in [3.63, 3.8) is 0 Å². The number of piperazine rings is 1. The quantitative estimate of drug-likeness (QED) is 0.585. The van der Waals surface area contributed by atoms with E-state index in [0.29, 0.717) is 30.3 Å². The van der Waals surface area contributed by atoms with Gasteiger partial charge >= 0.3 is 0 Å². The Morgan fingerprint density at radius 3 is 2.36 bits per heavy atom. The summed E-state index contributed by atoms with van der Waals surface area (Å²) in [4.78, 5) is 29.7. The number of nitrogens with one attached hydrogen (secondary N) is 1. The molecule has 0 saturated carbocycles. The molecule has 0 spiro atoms. The van der Waals surface area contributed by atoms with Crippen LogP contribution < -0.4 is 5.32 Å². The fraction of sp³-hybridized carbons (Fsp3) is 0.333. The maximum absolute atomic E-state index is 13.1. The van der Waals surface area contributed by atoms with Crippen LogP contribution in [0.4, 0.5) is 5.69 Å². The second kappa shape index (κ2) is 10.0. The topological polar surface area (TPSA) is 65.8 Å². The van der Waals surface area contributed by atoms with Gasteiger partial charge in [0.1, 0.15) is 0 Å². The second-order valence-electron chi connectivity index (χ2n) is 8.93. The Bertz CT molecular complexity index is 1100. The number of nitrogens with zero attached hydrogens (tertiary/aromatic N) is 2. The van der Waals surface area contributed by atoms with Gasteiger partial charge in [-0.15, -0.1) is 0 Å². The average molecular weight is 446 g/mol. The smallest absolute Gasteiger partial charge is 0.291 e. The maximum Gasteiger partial charge on any atom is 0.291 e. The molecule has 3 aromatic rings. The molecule has 1 aromatic heterocycles. The van der Waals surface area contributed by atoms with E-state index in [0.717, 1.165) is 25.2 Å². The number of furan rings is 1. The van der Waals surface area contributed by atoms with E-state index in [4.69, 9.17) is 4.42 Å². The fourth-order valence-electron chi connectivity index (χ4n) is 4.04. The van der Waals surface area contributed by atoms with Gasteiger partial charge in [-0.3, -0.25) is 14.5 Å². The summed E-state index contributed by atoms with van der Waals surface area (Å²) < 4.78 is 5.16. The molecule has 0 radical (unpaired) electrons. The molecule has 2 aromatic carbocycles. The van der Waals surface area contributed by atoms with Crippen LogP contribution in [0, 0.1) is 6.92 Å². The van der Waals surface area contributed by atoms with Gasteiger partial charge in [0, 0.05) is 44.0 Å². The van der Waals surface area contributed by atoms with Gasteiger partial charge in [-0.05, 0) is 53.8 Å². The molecular weight excluding hydrogens is 414 g/mol.